The van der Waals surface area contributed by atoms with Crippen LogP contribution in [0.25, 0.3) is 33.5 Å². The van der Waals surface area contributed by atoms with Gasteiger partial charge in [0.1, 0.15) is 11.3 Å². The molecule has 1 atom stereocenters. The van der Waals surface area contributed by atoms with Gasteiger partial charge in [-0.05, 0) is 61.9 Å². The van der Waals surface area contributed by atoms with E-state index in [9.17, 15) is 9.59 Å². The van der Waals surface area contributed by atoms with Crippen LogP contribution in [0, 0.1) is 0 Å². The molecule has 5 aromatic rings. The van der Waals surface area contributed by atoms with Crippen molar-refractivity contribution in [2.75, 3.05) is 20.8 Å². The van der Waals surface area contributed by atoms with Crippen molar-refractivity contribution in [3.05, 3.63) is 81.6 Å². The Balaban J connectivity index is 1.62. The van der Waals surface area contributed by atoms with Gasteiger partial charge in [-0.1, -0.05) is 29.8 Å². The SMILES string of the molecule is CCOc1cc(C=Nn2c(-c3cc4c(OC)cccc4o3)nc3ccccc3c2=O)cc(Cl)c1O[C@H](C)C(=O)OC. The first-order valence-corrected chi connectivity index (χ1v) is 13.1. The molecule has 2 heterocycles. The summed E-state index contributed by atoms with van der Waals surface area (Å²) in [5, 5.41) is 5.78. The molecule has 0 aliphatic heterocycles. The minimum absolute atomic E-state index is 0.182. The molecule has 0 bridgehead atoms. The van der Waals surface area contributed by atoms with Gasteiger partial charge in [-0.2, -0.15) is 9.78 Å². The largest absolute Gasteiger partial charge is 0.496 e. The minimum atomic E-state index is -0.913. The topological polar surface area (TPSA) is 114 Å². The van der Waals surface area contributed by atoms with E-state index in [1.807, 2.05) is 12.1 Å². The molecule has 5 rings (SSSR count). The van der Waals surface area contributed by atoms with Crippen LogP contribution < -0.4 is 19.8 Å². The number of rotatable bonds is 9. The van der Waals surface area contributed by atoms with Gasteiger partial charge in [-0.15, -0.1) is 0 Å². The standard InChI is InChI=1S/C30H26ClN3O7/c1-5-39-25-14-18(13-21(31)27(25)40-17(2)30(36)38-4)16-32-34-28(33-22-10-7-6-9-19(22)29(34)35)26-15-20-23(37-3)11-8-12-24(20)41-26/h6-17H,5H2,1-4H3/t17-/m1/s1. The quantitative estimate of drug-likeness (QED) is 0.163. The molecular formula is C30H26ClN3O7. The number of ether oxygens (including phenoxy) is 4. The van der Waals surface area contributed by atoms with Crippen LogP contribution in [0.4, 0.5) is 0 Å². The molecule has 0 fully saturated rings. The Kier molecular flexibility index (Phi) is 7.93. The van der Waals surface area contributed by atoms with Crippen LogP contribution in [0.3, 0.4) is 0 Å². The number of aromatic nitrogens is 2. The van der Waals surface area contributed by atoms with Crippen LogP contribution in [0.15, 0.2) is 75.0 Å². The summed E-state index contributed by atoms with van der Waals surface area (Å²) in [7, 11) is 2.84. The van der Waals surface area contributed by atoms with Crippen molar-refractivity contribution in [1.29, 1.82) is 0 Å². The third-order valence-electron chi connectivity index (χ3n) is 6.20. The van der Waals surface area contributed by atoms with Gasteiger partial charge in [-0.25, -0.2) is 9.78 Å². The molecule has 0 aliphatic rings. The third-order valence-corrected chi connectivity index (χ3v) is 6.48. The first-order valence-electron chi connectivity index (χ1n) is 12.7. The van der Waals surface area contributed by atoms with Crippen LogP contribution in [0.5, 0.6) is 17.2 Å². The fraction of sp³-hybridized carbons (Fsp3) is 0.200. The lowest BCUT2D eigenvalue weighted by Crippen LogP contribution is -2.25. The molecule has 0 N–H and O–H groups in total. The van der Waals surface area contributed by atoms with Crippen molar-refractivity contribution < 1.29 is 28.2 Å². The van der Waals surface area contributed by atoms with Crippen molar-refractivity contribution in [1.82, 2.24) is 9.66 Å². The van der Waals surface area contributed by atoms with E-state index in [0.29, 0.717) is 45.9 Å². The van der Waals surface area contributed by atoms with E-state index < -0.39 is 17.6 Å². The van der Waals surface area contributed by atoms with E-state index in [0.717, 1.165) is 5.39 Å². The Hall–Kier alpha value is -4.83. The third kappa shape index (κ3) is 5.46. The van der Waals surface area contributed by atoms with Crippen molar-refractivity contribution in [2.24, 2.45) is 5.10 Å². The fourth-order valence-corrected chi connectivity index (χ4v) is 4.53. The maximum Gasteiger partial charge on any atom is 0.346 e. The average molecular weight is 576 g/mol. The molecule has 10 nitrogen and oxygen atoms in total. The van der Waals surface area contributed by atoms with Crippen LogP contribution >= 0.6 is 11.6 Å². The minimum Gasteiger partial charge on any atom is -0.496 e. The van der Waals surface area contributed by atoms with E-state index >= 15 is 0 Å². The second-order valence-corrected chi connectivity index (χ2v) is 9.25. The number of esters is 1. The van der Waals surface area contributed by atoms with Gasteiger partial charge in [0.15, 0.2) is 23.4 Å². The average Bonchev–Trinajstić information content (AvgIpc) is 3.42. The lowest BCUT2D eigenvalue weighted by Gasteiger charge is -2.17. The number of furan rings is 1. The lowest BCUT2D eigenvalue weighted by atomic mass is 10.2. The van der Waals surface area contributed by atoms with Crippen molar-refractivity contribution >= 4 is 45.7 Å². The first kappa shape index (κ1) is 27.7. The fourth-order valence-electron chi connectivity index (χ4n) is 4.27. The normalized spacial score (nSPS) is 12.1. The number of para-hydroxylation sites is 1. The predicted molar refractivity (Wildman–Crippen MR) is 155 cm³/mol. The van der Waals surface area contributed by atoms with E-state index in [1.165, 1.54) is 18.0 Å². The van der Waals surface area contributed by atoms with Crippen molar-refractivity contribution in [2.45, 2.75) is 20.0 Å². The molecule has 11 heteroatoms. The van der Waals surface area contributed by atoms with Crippen LogP contribution in [-0.2, 0) is 9.53 Å². The van der Waals surface area contributed by atoms with Gasteiger partial charge in [0.2, 0.25) is 5.82 Å². The summed E-state index contributed by atoms with van der Waals surface area (Å²) < 4.78 is 28.9. The number of methoxy groups -OCH3 is 2. The number of hydrogen-bond acceptors (Lipinski definition) is 9. The summed E-state index contributed by atoms with van der Waals surface area (Å²) in [4.78, 5) is 30.2. The zero-order valence-electron chi connectivity index (χ0n) is 22.7. The number of fused-ring (bicyclic) bond motifs is 2. The second kappa shape index (κ2) is 11.7. The molecule has 0 saturated heterocycles. The van der Waals surface area contributed by atoms with Gasteiger partial charge < -0.3 is 23.4 Å². The highest BCUT2D eigenvalue weighted by atomic mass is 35.5. The monoisotopic (exact) mass is 575 g/mol. The zero-order chi connectivity index (χ0) is 29.1. The van der Waals surface area contributed by atoms with Gasteiger partial charge in [0.05, 0.1) is 48.4 Å². The molecular weight excluding hydrogens is 550 g/mol. The second-order valence-electron chi connectivity index (χ2n) is 8.84. The van der Waals surface area contributed by atoms with Gasteiger partial charge in [-0.3, -0.25) is 4.79 Å². The van der Waals surface area contributed by atoms with E-state index in [-0.39, 0.29) is 16.6 Å². The Morgan fingerprint density at radius 2 is 1.90 bits per heavy atom. The van der Waals surface area contributed by atoms with E-state index in [2.05, 4.69) is 5.10 Å². The van der Waals surface area contributed by atoms with E-state index in [4.69, 9.17) is 39.9 Å². The number of halogens is 1. The molecule has 2 aromatic heterocycles. The first-order chi connectivity index (χ1) is 19.8. The summed E-state index contributed by atoms with van der Waals surface area (Å²) in [5.41, 5.74) is 1.18. The van der Waals surface area contributed by atoms with Crippen molar-refractivity contribution in [3.63, 3.8) is 0 Å². The summed E-state index contributed by atoms with van der Waals surface area (Å²) >= 11 is 6.53. The number of carbonyl (C=O) groups excluding carboxylic acids is 1. The Bertz CT molecular complexity index is 1840. The smallest absolute Gasteiger partial charge is 0.346 e. The number of carbonyl (C=O) groups is 1. The number of hydrogen-bond donors (Lipinski definition) is 0. The lowest BCUT2D eigenvalue weighted by molar-refractivity contribution is -0.147. The molecule has 0 aliphatic carbocycles. The van der Waals surface area contributed by atoms with E-state index in [1.54, 1.807) is 69.5 Å². The number of benzene rings is 3. The van der Waals surface area contributed by atoms with Gasteiger partial charge in [0.25, 0.3) is 5.56 Å². The molecule has 0 radical (unpaired) electrons. The molecule has 0 spiro atoms. The highest BCUT2D eigenvalue weighted by molar-refractivity contribution is 6.32. The molecule has 3 aromatic carbocycles. The molecule has 210 valence electrons. The number of nitrogens with zero attached hydrogens (tertiary/aromatic N) is 3. The van der Waals surface area contributed by atoms with Gasteiger partial charge >= 0.3 is 5.97 Å². The molecule has 0 amide bonds. The summed E-state index contributed by atoms with van der Waals surface area (Å²) in [5.74, 6) is 1.07. The maximum atomic E-state index is 13.6. The van der Waals surface area contributed by atoms with Crippen LogP contribution in [0.2, 0.25) is 5.02 Å². The molecule has 0 unspecified atom stereocenters. The predicted octanol–water partition coefficient (Wildman–Crippen LogP) is 5.69. The Morgan fingerprint density at radius 1 is 1.10 bits per heavy atom. The molecule has 0 saturated carbocycles. The highest BCUT2D eigenvalue weighted by Gasteiger charge is 2.21. The molecule has 41 heavy (non-hydrogen) atoms. The maximum absolute atomic E-state index is 13.6. The zero-order valence-corrected chi connectivity index (χ0v) is 23.5. The Labute approximate surface area is 239 Å². The van der Waals surface area contributed by atoms with Gasteiger partial charge in [0, 0.05) is 0 Å². The Morgan fingerprint density at radius 3 is 2.66 bits per heavy atom. The van der Waals surface area contributed by atoms with Crippen LogP contribution in [0.1, 0.15) is 19.4 Å². The summed E-state index contributed by atoms with van der Waals surface area (Å²) in [6.07, 6.45) is 0.537. The summed E-state index contributed by atoms with van der Waals surface area (Å²) in [6, 6.07) is 17.4. The van der Waals surface area contributed by atoms with Crippen molar-refractivity contribution in [3.8, 4) is 28.8 Å². The van der Waals surface area contributed by atoms with Crippen LogP contribution in [-0.4, -0.2) is 48.8 Å². The highest BCUT2D eigenvalue weighted by Crippen LogP contribution is 2.37. The summed E-state index contributed by atoms with van der Waals surface area (Å²) in [6.45, 7) is 3.66.